The lowest BCUT2D eigenvalue weighted by atomic mass is 9.90. The summed E-state index contributed by atoms with van der Waals surface area (Å²) in [6, 6.07) is 9.40. The number of hydrogen-bond acceptors (Lipinski definition) is 5. The minimum absolute atomic E-state index is 0.0365. The minimum atomic E-state index is -0.768. The summed E-state index contributed by atoms with van der Waals surface area (Å²) < 4.78 is 5.53. The van der Waals surface area contributed by atoms with Crippen LogP contribution < -0.4 is 4.74 Å². The van der Waals surface area contributed by atoms with Gasteiger partial charge in [0.05, 0.1) is 24.3 Å². The van der Waals surface area contributed by atoms with Crippen LogP contribution in [0.5, 0.6) is 11.5 Å². The fourth-order valence-electron chi connectivity index (χ4n) is 5.15. The molecule has 1 saturated carbocycles. The molecule has 1 heterocycles. The van der Waals surface area contributed by atoms with Crippen LogP contribution >= 0.6 is 0 Å². The molecule has 2 aromatic carbocycles. The number of carbonyl (C=O) groups is 2. The van der Waals surface area contributed by atoms with E-state index in [2.05, 4.69) is 0 Å². The zero-order valence-electron chi connectivity index (χ0n) is 18.7. The first kappa shape index (κ1) is 21.9. The summed E-state index contributed by atoms with van der Waals surface area (Å²) in [6.07, 6.45) is 4.72. The quantitative estimate of drug-likeness (QED) is 0.410. The van der Waals surface area contributed by atoms with E-state index in [1.54, 1.807) is 35.2 Å². The van der Waals surface area contributed by atoms with Crippen molar-refractivity contribution >= 4 is 17.4 Å². The third kappa shape index (κ3) is 3.74. The Kier molecular flexibility index (Phi) is 5.96. The van der Waals surface area contributed by atoms with Gasteiger partial charge in [-0.2, -0.15) is 0 Å². The van der Waals surface area contributed by atoms with Gasteiger partial charge in [-0.15, -0.1) is 0 Å². The van der Waals surface area contributed by atoms with Crippen LogP contribution in [0, 0.1) is 13.8 Å². The Morgan fingerprint density at radius 3 is 2.44 bits per heavy atom. The molecular weight excluding hydrogens is 406 g/mol. The van der Waals surface area contributed by atoms with Crippen molar-refractivity contribution in [3.8, 4) is 11.5 Å². The molecule has 4 rings (SSSR count). The van der Waals surface area contributed by atoms with E-state index in [-0.39, 0.29) is 23.1 Å². The molecule has 2 aromatic rings. The molecule has 2 fully saturated rings. The van der Waals surface area contributed by atoms with E-state index in [0.717, 1.165) is 43.2 Å². The van der Waals surface area contributed by atoms with E-state index < -0.39 is 17.7 Å². The molecule has 0 bridgehead atoms. The van der Waals surface area contributed by atoms with E-state index in [1.165, 1.54) is 7.11 Å². The van der Waals surface area contributed by atoms with E-state index in [1.807, 2.05) is 19.9 Å². The summed E-state index contributed by atoms with van der Waals surface area (Å²) in [5.41, 5.74) is 2.75. The summed E-state index contributed by atoms with van der Waals surface area (Å²) >= 11 is 0. The normalized spacial score (nSPS) is 21.2. The van der Waals surface area contributed by atoms with Crippen molar-refractivity contribution < 1.29 is 24.5 Å². The van der Waals surface area contributed by atoms with Gasteiger partial charge in [-0.05, 0) is 61.6 Å². The second kappa shape index (κ2) is 8.69. The number of aliphatic hydroxyl groups is 1. The Bertz CT molecular complexity index is 1100. The number of nitrogens with zero attached hydrogens (tertiary/aromatic N) is 1. The number of phenolic OH excluding ortho intramolecular Hbond substituents is 1. The van der Waals surface area contributed by atoms with Crippen molar-refractivity contribution in [2.24, 2.45) is 0 Å². The Morgan fingerprint density at radius 2 is 1.78 bits per heavy atom. The van der Waals surface area contributed by atoms with Gasteiger partial charge < -0.3 is 19.8 Å². The predicted octanol–water partition coefficient (Wildman–Crippen LogP) is 4.77. The fraction of sp³-hybridized carbons (Fsp3) is 0.385. The number of benzene rings is 2. The van der Waals surface area contributed by atoms with Gasteiger partial charge in [0.2, 0.25) is 0 Å². The molecule has 0 spiro atoms. The van der Waals surface area contributed by atoms with Gasteiger partial charge in [-0.1, -0.05) is 37.5 Å². The number of carbonyl (C=O) groups excluding carboxylic acids is 2. The molecule has 0 aromatic heterocycles. The third-order valence-electron chi connectivity index (χ3n) is 6.51. The number of hydrogen-bond donors (Lipinski definition) is 2. The van der Waals surface area contributed by atoms with Crippen LogP contribution in [0.1, 0.15) is 60.4 Å². The number of ketones is 1. The van der Waals surface area contributed by atoms with Gasteiger partial charge in [0, 0.05) is 6.04 Å². The van der Waals surface area contributed by atoms with Gasteiger partial charge in [-0.3, -0.25) is 9.59 Å². The van der Waals surface area contributed by atoms with Crippen molar-refractivity contribution in [3.05, 3.63) is 64.2 Å². The average molecular weight is 436 g/mol. The summed E-state index contributed by atoms with van der Waals surface area (Å²) in [5, 5.41) is 21.5. The summed E-state index contributed by atoms with van der Waals surface area (Å²) in [5.74, 6) is -1.05. The van der Waals surface area contributed by atoms with Crippen molar-refractivity contribution in [1.82, 2.24) is 4.90 Å². The smallest absolute Gasteiger partial charge is 0.295 e. The summed E-state index contributed by atoms with van der Waals surface area (Å²) in [4.78, 5) is 28.2. The first-order chi connectivity index (χ1) is 15.3. The Labute approximate surface area is 188 Å². The van der Waals surface area contributed by atoms with Crippen LogP contribution in [-0.2, 0) is 9.59 Å². The first-order valence-electron chi connectivity index (χ1n) is 11.1. The molecule has 6 nitrogen and oxygen atoms in total. The number of methoxy groups -OCH3 is 1. The molecule has 168 valence electrons. The molecule has 1 aliphatic heterocycles. The highest BCUT2D eigenvalue weighted by Crippen LogP contribution is 2.45. The van der Waals surface area contributed by atoms with Crippen molar-refractivity contribution in [3.63, 3.8) is 0 Å². The second-order valence-electron chi connectivity index (χ2n) is 8.76. The lowest BCUT2D eigenvalue weighted by Gasteiger charge is -2.35. The van der Waals surface area contributed by atoms with E-state index in [9.17, 15) is 19.8 Å². The van der Waals surface area contributed by atoms with Crippen LogP contribution in [0.15, 0.2) is 42.0 Å². The maximum atomic E-state index is 13.3. The predicted molar refractivity (Wildman–Crippen MR) is 122 cm³/mol. The van der Waals surface area contributed by atoms with E-state index in [4.69, 9.17) is 4.74 Å². The average Bonchev–Trinajstić information content (AvgIpc) is 3.04. The van der Waals surface area contributed by atoms with Gasteiger partial charge >= 0.3 is 0 Å². The first-order valence-corrected chi connectivity index (χ1v) is 11.1. The molecule has 1 amide bonds. The maximum absolute atomic E-state index is 13.3. The monoisotopic (exact) mass is 435 g/mol. The van der Waals surface area contributed by atoms with Crippen molar-refractivity contribution in [1.29, 1.82) is 0 Å². The molecular formula is C26H29NO5. The van der Waals surface area contributed by atoms with Crippen molar-refractivity contribution in [2.75, 3.05) is 7.11 Å². The SMILES string of the molecule is COc1c(C)cc(C)cc1/C(O)=C1\C(=O)C(=O)N(C2CCCCC2)C1c1cccc(O)c1. The van der Waals surface area contributed by atoms with Crippen LogP contribution in [-0.4, -0.2) is 40.0 Å². The van der Waals surface area contributed by atoms with Gasteiger partial charge in [-0.25, -0.2) is 0 Å². The van der Waals surface area contributed by atoms with Gasteiger partial charge in [0.25, 0.3) is 11.7 Å². The van der Waals surface area contributed by atoms with Crippen molar-refractivity contribution in [2.45, 2.75) is 58.0 Å². The Hall–Kier alpha value is -3.28. The standard InChI is InChI=1S/C26H29NO5/c1-15-12-16(2)25(32-3)20(13-15)23(29)21-22(17-8-7-11-19(28)14-17)27(26(31)24(21)30)18-9-5-4-6-10-18/h7-8,11-14,18,22,28-29H,4-6,9-10H2,1-3H3/b23-21+. The number of amides is 1. The number of aliphatic hydroxyl groups excluding tert-OH is 1. The van der Waals surface area contributed by atoms with Crippen LogP contribution in [0.25, 0.3) is 5.76 Å². The number of phenols is 1. The lowest BCUT2D eigenvalue weighted by molar-refractivity contribution is -0.141. The molecule has 0 radical (unpaired) electrons. The largest absolute Gasteiger partial charge is 0.508 e. The highest BCUT2D eigenvalue weighted by atomic mass is 16.5. The summed E-state index contributed by atoms with van der Waals surface area (Å²) in [7, 11) is 1.52. The molecule has 2 N–H and O–H groups in total. The Balaban J connectivity index is 1.95. The van der Waals surface area contributed by atoms with Crippen LogP contribution in [0.2, 0.25) is 0 Å². The molecule has 32 heavy (non-hydrogen) atoms. The number of aryl methyl sites for hydroxylation is 2. The van der Waals surface area contributed by atoms with Crippen LogP contribution in [0.3, 0.4) is 0 Å². The number of ether oxygens (including phenoxy) is 1. The fourth-order valence-corrected chi connectivity index (χ4v) is 5.15. The Morgan fingerprint density at radius 1 is 1.06 bits per heavy atom. The van der Waals surface area contributed by atoms with E-state index in [0.29, 0.717) is 16.9 Å². The minimum Gasteiger partial charge on any atom is -0.508 e. The molecule has 6 heteroatoms. The zero-order valence-corrected chi connectivity index (χ0v) is 18.7. The number of Topliss-reactive ketones (excluding diaryl/α,β-unsaturated/α-hetero) is 1. The molecule has 1 atom stereocenters. The molecule has 1 saturated heterocycles. The maximum Gasteiger partial charge on any atom is 0.295 e. The van der Waals surface area contributed by atoms with Gasteiger partial charge in [0.1, 0.15) is 17.3 Å². The third-order valence-corrected chi connectivity index (χ3v) is 6.51. The molecule has 1 aliphatic carbocycles. The lowest BCUT2D eigenvalue weighted by Crippen LogP contribution is -2.40. The number of aromatic hydroxyl groups is 1. The van der Waals surface area contributed by atoms with Crippen LogP contribution in [0.4, 0.5) is 0 Å². The number of likely N-dealkylation sites (tertiary alicyclic amines) is 1. The van der Waals surface area contributed by atoms with E-state index >= 15 is 0 Å². The summed E-state index contributed by atoms with van der Waals surface area (Å²) in [6.45, 7) is 3.77. The van der Waals surface area contributed by atoms with Gasteiger partial charge in [0.15, 0.2) is 0 Å². The molecule has 1 unspecified atom stereocenters. The highest BCUT2D eigenvalue weighted by molar-refractivity contribution is 6.46. The topological polar surface area (TPSA) is 87.1 Å². The zero-order chi connectivity index (χ0) is 23.0. The molecule has 2 aliphatic rings. The number of rotatable bonds is 4. The highest BCUT2D eigenvalue weighted by Gasteiger charge is 2.49. The second-order valence-corrected chi connectivity index (χ2v) is 8.76.